The topological polar surface area (TPSA) is 28.7 Å². The summed E-state index contributed by atoms with van der Waals surface area (Å²) in [5.74, 6) is 2.43. The van der Waals surface area contributed by atoms with E-state index in [1.165, 1.54) is 43.5 Å². The van der Waals surface area contributed by atoms with Gasteiger partial charge in [-0.15, -0.1) is 0 Å². The van der Waals surface area contributed by atoms with Gasteiger partial charge in [0.25, 0.3) is 0 Å². The lowest BCUT2D eigenvalue weighted by Crippen LogP contribution is -2.28. The summed E-state index contributed by atoms with van der Waals surface area (Å²) in [6.45, 7) is 7.07. The molecular formula is C20H27BrN2. The van der Waals surface area contributed by atoms with Crippen LogP contribution >= 0.6 is 15.9 Å². The average molecular weight is 375 g/mol. The summed E-state index contributed by atoms with van der Waals surface area (Å²) < 4.78 is 1.11. The van der Waals surface area contributed by atoms with Crippen molar-refractivity contribution in [2.45, 2.75) is 58.8 Å². The van der Waals surface area contributed by atoms with E-state index in [0.717, 1.165) is 16.1 Å². The van der Waals surface area contributed by atoms with E-state index < -0.39 is 0 Å². The number of halogens is 1. The molecule has 1 fully saturated rings. The third-order valence-corrected chi connectivity index (χ3v) is 5.63. The first-order chi connectivity index (χ1) is 10.9. The zero-order valence-electron chi connectivity index (χ0n) is 14.4. The monoisotopic (exact) mass is 374 g/mol. The highest BCUT2D eigenvalue weighted by molar-refractivity contribution is 9.10. The molecule has 0 bridgehead atoms. The number of benzene rings is 1. The average Bonchev–Trinajstić information content (AvgIpc) is 2.97. The van der Waals surface area contributed by atoms with Gasteiger partial charge in [0.05, 0.1) is 11.9 Å². The molecule has 1 saturated carbocycles. The second-order valence-electron chi connectivity index (χ2n) is 7.93. The normalized spacial score (nSPS) is 18.1. The van der Waals surface area contributed by atoms with Gasteiger partial charge >= 0.3 is 0 Å². The molecule has 1 aliphatic rings. The van der Waals surface area contributed by atoms with Gasteiger partial charge in [0.15, 0.2) is 0 Å². The largest absolute Gasteiger partial charge is 0.342 e. The summed E-state index contributed by atoms with van der Waals surface area (Å²) in [6.07, 6.45) is 8.83. The van der Waals surface area contributed by atoms with Gasteiger partial charge < -0.3 is 4.98 Å². The lowest BCUT2D eigenvalue weighted by Gasteiger charge is -2.38. The lowest BCUT2D eigenvalue weighted by atomic mass is 9.68. The molecule has 1 aliphatic carbocycles. The second-order valence-corrected chi connectivity index (χ2v) is 8.85. The fraction of sp³-hybridized carbons (Fsp3) is 0.550. The Morgan fingerprint density at radius 1 is 1.09 bits per heavy atom. The zero-order chi connectivity index (χ0) is 16.4. The van der Waals surface area contributed by atoms with E-state index in [2.05, 4.69) is 66.0 Å². The van der Waals surface area contributed by atoms with Crippen molar-refractivity contribution >= 4 is 15.9 Å². The van der Waals surface area contributed by atoms with Gasteiger partial charge in [0.2, 0.25) is 0 Å². The number of imidazole rings is 1. The van der Waals surface area contributed by atoms with Crippen LogP contribution in [-0.4, -0.2) is 9.97 Å². The molecule has 3 heteroatoms. The summed E-state index contributed by atoms with van der Waals surface area (Å²) in [5.41, 5.74) is 2.55. The van der Waals surface area contributed by atoms with E-state index in [-0.39, 0.29) is 5.41 Å². The molecule has 1 unspecified atom stereocenters. The Bertz CT molecular complexity index is 630. The number of aromatic amines is 1. The number of aromatic nitrogens is 2. The Morgan fingerprint density at radius 2 is 1.74 bits per heavy atom. The van der Waals surface area contributed by atoms with Gasteiger partial charge in [-0.25, -0.2) is 4.98 Å². The number of nitrogens with zero attached hydrogens (tertiary/aromatic N) is 1. The van der Waals surface area contributed by atoms with Crippen LogP contribution in [0.4, 0.5) is 0 Å². The third-order valence-electron chi connectivity index (χ3n) is 5.10. The van der Waals surface area contributed by atoms with Crippen molar-refractivity contribution in [3.05, 3.63) is 40.8 Å². The van der Waals surface area contributed by atoms with Crippen LogP contribution in [0, 0.1) is 11.3 Å². The van der Waals surface area contributed by atoms with Gasteiger partial charge in [-0.05, 0) is 41.9 Å². The lowest BCUT2D eigenvalue weighted by molar-refractivity contribution is 0.184. The van der Waals surface area contributed by atoms with Gasteiger partial charge in [0, 0.05) is 10.4 Å². The molecule has 0 saturated heterocycles. The van der Waals surface area contributed by atoms with Crippen molar-refractivity contribution in [3.63, 3.8) is 0 Å². The Kier molecular flexibility index (Phi) is 4.96. The minimum atomic E-state index is 0.233. The number of rotatable bonds is 3. The minimum Gasteiger partial charge on any atom is -0.342 e. The van der Waals surface area contributed by atoms with Crippen LogP contribution < -0.4 is 0 Å². The maximum Gasteiger partial charge on any atom is 0.110 e. The van der Waals surface area contributed by atoms with E-state index >= 15 is 0 Å². The molecule has 0 radical (unpaired) electrons. The zero-order valence-corrected chi connectivity index (χ0v) is 16.0. The van der Waals surface area contributed by atoms with Crippen LogP contribution in [0.15, 0.2) is 34.9 Å². The molecule has 1 heterocycles. The fourth-order valence-electron chi connectivity index (χ4n) is 4.08. The Balaban J connectivity index is 1.89. The van der Waals surface area contributed by atoms with Crippen LogP contribution in [0.2, 0.25) is 0 Å². The quantitative estimate of drug-likeness (QED) is 0.647. The number of nitrogens with one attached hydrogen (secondary N) is 1. The summed E-state index contributed by atoms with van der Waals surface area (Å²) >= 11 is 3.50. The molecule has 3 rings (SSSR count). The molecule has 23 heavy (non-hydrogen) atoms. The molecule has 1 atom stereocenters. The maximum absolute atomic E-state index is 4.79. The number of H-pyrrole nitrogens is 1. The Labute approximate surface area is 148 Å². The molecule has 0 spiro atoms. The highest BCUT2D eigenvalue weighted by Crippen LogP contribution is 2.45. The van der Waals surface area contributed by atoms with Crippen molar-refractivity contribution in [1.29, 1.82) is 0 Å². The maximum atomic E-state index is 4.79. The molecule has 1 aromatic carbocycles. The second kappa shape index (κ2) is 6.80. The third kappa shape index (κ3) is 3.88. The van der Waals surface area contributed by atoms with Crippen LogP contribution in [0.3, 0.4) is 0 Å². The molecule has 1 N–H and O–H groups in total. The number of hydrogen-bond donors (Lipinski definition) is 1. The van der Waals surface area contributed by atoms with E-state index in [9.17, 15) is 0 Å². The molecule has 2 aromatic rings. The van der Waals surface area contributed by atoms with Crippen molar-refractivity contribution < 1.29 is 0 Å². The minimum absolute atomic E-state index is 0.233. The summed E-state index contributed by atoms with van der Waals surface area (Å²) in [5, 5.41) is 0. The van der Waals surface area contributed by atoms with Crippen molar-refractivity contribution in [1.82, 2.24) is 9.97 Å². The fourth-order valence-corrected chi connectivity index (χ4v) is 4.34. The standard InChI is InChI=1S/C20H27BrN2/c1-20(2,3)18(15-7-5-4-6-8-15)19-22-13-17(23-19)14-9-11-16(21)12-10-14/h9-13,15,18H,4-8H2,1-3H3,(H,22,23). The smallest absolute Gasteiger partial charge is 0.110 e. The van der Waals surface area contributed by atoms with Crippen LogP contribution in [0.5, 0.6) is 0 Å². The van der Waals surface area contributed by atoms with Crippen molar-refractivity contribution in [3.8, 4) is 11.3 Å². The predicted octanol–water partition coefficient (Wildman–Crippen LogP) is 6.55. The van der Waals surface area contributed by atoms with E-state index in [1.54, 1.807) is 0 Å². The Morgan fingerprint density at radius 3 is 2.35 bits per heavy atom. The van der Waals surface area contributed by atoms with Crippen LogP contribution in [-0.2, 0) is 0 Å². The molecular weight excluding hydrogens is 348 g/mol. The Hall–Kier alpha value is -1.09. The summed E-state index contributed by atoms with van der Waals surface area (Å²) in [6, 6.07) is 8.43. The van der Waals surface area contributed by atoms with Gasteiger partial charge in [0.1, 0.15) is 5.82 Å². The highest BCUT2D eigenvalue weighted by Gasteiger charge is 2.36. The first kappa shape index (κ1) is 16.8. The van der Waals surface area contributed by atoms with Crippen LogP contribution in [0.1, 0.15) is 64.6 Å². The molecule has 2 nitrogen and oxygen atoms in total. The number of hydrogen-bond acceptors (Lipinski definition) is 1. The molecule has 124 valence electrons. The van der Waals surface area contributed by atoms with E-state index in [4.69, 9.17) is 4.98 Å². The van der Waals surface area contributed by atoms with Gasteiger partial charge in [-0.3, -0.25) is 0 Å². The van der Waals surface area contributed by atoms with Crippen LogP contribution in [0.25, 0.3) is 11.3 Å². The van der Waals surface area contributed by atoms with E-state index in [0.29, 0.717) is 5.92 Å². The van der Waals surface area contributed by atoms with E-state index in [1.807, 2.05) is 6.20 Å². The first-order valence-corrected chi connectivity index (χ1v) is 9.55. The predicted molar refractivity (Wildman–Crippen MR) is 100 cm³/mol. The molecule has 0 amide bonds. The molecule has 0 aliphatic heterocycles. The van der Waals surface area contributed by atoms with Gasteiger partial charge in [-0.2, -0.15) is 0 Å². The van der Waals surface area contributed by atoms with Crippen molar-refractivity contribution in [2.24, 2.45) is 11.3 Å². The van der Waals surface area contributed by atoms with Gasteiger partial charge in [-0.1, -0.05) is 68.1 Å². The highest BCUT2D eigenvalue weighted by atomic mass is 79.9. The summed E-state index contributed by atoms with van der Waals surface area (Å²) in [4.78, 5) is 8.42. The SMILES string of the molecule is CC(C)(C)C(c1ncc(-c2ccc(Br)cc2)[nH]1)C1CCCCC1. The van der Waals surface area contributed by atoms with Crippen molar-refractivity contribution in [2.75, 3.05) is 0 Å². The summed E-state index contributed by atoms with van der Waals surface area (Å²) in [7, 11) is 0. The first-order valence-electron chi connectivity index (χ1n) is 8.76. The molecule has 1 aromatic heterocycles.